The van der Waals surface area contributed by atoms with Crippen LogP contribution < -0.4 is 35.6 Å². The van der Waals surface area contributed by atoms with Gasteiger partial charge in [-0.05, 0) is 158 Å². The summed E-state index contributed by atoms with van der Waals surface area (Å²) in [5, 5.41) is 18.0. The van der Waals surface area contributed by atoms with E-state index in [0.717, 1.165) is 188 Å². The molecular formula is C83H80F2N18O6. The van der Waals surface area contributed by atoms with Crippen molar-refractivity contribution in [1.82, 2.24) is 69.8 Å². The van der Waals surface area contributed by atoms with Gasteiger partial charge >= 0.3 is 0 Å². The molecule has 6 fully saturated rings. The summed E-state index contributed by atoms with van der Waals surface area (Å²) in [4.78, 5) is 107. The summed E-state index contributed by atoms with van der Waals surface area (Å²) in [6.07, 6.45) is 9.60. The Morgan fingerprint density at radius 2 is 0.945 bits per heavy atom. The molecule has 26 heteroatoms. The van der Waals surface area contributed by atoms with Gasteiger partial charge in [0.1, 0.15) is 58.4 Å². The fraction of sp³-hybridized carbons (Fsp3) is 0.325. The molecule has 24 nitrogen and oxygen atoms in total. The number of nitrogens with zero attached hydrogens (tertiary/aromatic N) is 15. The fourth-order valence-electron chi connectivity index (χ4n) is 15.8. The summed E-state index contributed by atoms with van der Waals surface area (Å²) in [5.41, 5.74) is 11.3. The number of piperidine rings is 2. The summed E-state index contributed by atoms with van der Waals surface area (Å²) < 4.78 is 31.7. The second-order valence-electron chi connectivity index (χ2n) is 28.3. The van der Waals surface area contributed by atoms with Crippen molar-refractivity contribution in [2.45, 2.75) is 102 Å². The van der Waals surface area contributed by atoms with Crippen LogP contribution in [0, 0.1) is 35.3 Å². The number of nitrogens with one attached hydrogen (secondary N) is 3. The maximum absolute atomic E-state index is 14.1. The van der Waals surface area contributed by atoms with Crippen molar-refractivity contribution in [1.29, 1.82) is 0 Å². The van der Waals surface area contributed by atoms with Crippen molar-refractivity contribution in [3.63, 3.8) is 0 Å². The molecule has 6 aromatic heterocycles. The van der Waals surface area contributed by atoms with Crippen molar-refractivity contribution in [3.8, 4) is 46.5 Å². The Morgan fingerprint density at radius 3 is 1.42 bits per heavy atom. The largest absolute Gasteiger partial charge is 0.354 e. The molecule has 3 N–H and O–H groups in total. The number of benzene rings is 4. The van der Waals surface area contributed by atoms with E-state index in [1.165, 1.54) is 12.1 Å². The van der Waals surface area contributed by atoms with E-state index in [9.17, 15) is 37.5 Å². The van der Waals surface area contributed by atoms with Gasteiger partial charge in [-0.25, -0.2) is 37.7 Å². The molecule has 2 unspecified atom stereocenters. The summed E-state index contributed by atoms with van der Waals surface area (Å²) in [5.74, 6) is 13.9. The van der Waals surface area contributed by atoms with Crippen LogP contribution >= 0.6 is 0 Å². The van der Waals surface area contributed by atoms with Gasteiger partial charge in [-0.2, -0.15) is 0 Å². The zero-order valence-corrected chi connectivity index (χ0v) is 60.3. The number of halogens is 2. The first kappa shape index (κ1) is 71.0. The van der Waals surface area contributed by atoms with E-state index in [4.69, 9.17) is 20.2 Å². The zero-order valence-electron chi connectivity index (χ0n) is 60.3. The molecule has 4 aromatic carbocycles. The lowest BCUT2D eigenvalue weighted by Crippen LogP contribution is -2.52. The lowest BCUT2D eigenvalue weighted by Gasteiger charge is -2.34. The minimum Gasteiger partial charge on any atom is -0.354 e. The maximum atomic E-state index is 14.1. The number of fused-ring (bicyclic) bond motifs is 4. The normalized spacial score (nSPS) is 19.9. The highest BCUT2D eigenvalue weighted by Crippen LogP contribution is 2.39. The summed E-state index contributed by atoms with van der Waals surface area (Å²) in [6.45, 7) is 12.1. The highest BCUT2D eigenvalue weighted by atomic mass is 19.1. The third-order valence-electron chi connectivity index (χ3n) is 21.4. The van der Waals surface area contributed by atoms with Gasteiger partial charge in [-0.1, -0.05) is 79.1 Å². The molecule has 552 valence electrons. The van der Waals surface area contributed by atoms with Gasteiger partial charge in [0.05, 0.1) is 42.4 Å². The van der Waals surface area contributed by atoms with E-state index in [0.29, 0.717) is 43.6 Å². The van der Waals surface area contributed by atoms with Gasteiger partial charge in [0.2, 0.25) is 23.6 Å². The van der Waals surface area contributed by atoms with E-state index in [-0.39, 0.29) is 66.1 Å². The predicted octanol–water partition coefficient (Wildman–Crippen LogP) is 9.10. The molecule has 0 saturated carbocycles. The van der Waals surface area contributed by atoms with Gasteiger partial charge in [0.25, 0.3) is 11.8 Å². The highest BCUT2D eigenvalue weighted by molar-refractivity contribution is 6.06. The predicted molar refractivity (Wildman–Crippen MR) is 407 cm³/mol. The Bertz CT molecular complexity index is 5340. The van der Waals surface area contributed by atoms with Crippen molar-refractivity contribution in [2.24, 2.45) is 0 Å². The molecule has 109 heavy (non-hydrogen) atoms. The van der Waals surface area contributed by atoms with Gasteiger partial charge in [0.15, 0.2) is 11.3 Å². The van der Waals surface area contributed by atoms with Crippen LogP contribution in [0.2, 0.25) is 0 Å². The Kier molecular flexibility index (Phi) is 20.4. The molecule has 0 bridgehead atoms. The lowest BCUT2D eigenvalue weighted by atomic mass is 10.0. The molecule has 18 rings (SSSR count). The standard InChI is InChI=1S/C41H38FN9O3.C25H26FN7.C17H16N2O3/c42-30-7-1-6-28(24-30)33-9-4-18-49(33)38-15-14-36-43-25-35(51(36)46-38)32-8-2-10-37(44-32)48-21-19-47(20-22-48)17-3-5-27-11-12-29-26-50(41(54)31(29)23-27)34-13-16-39(52)45-40(34)53;26-19-5-1-4-18(16-19)21-7-3-13-32(21)25-10-9-23-28-17-22(33(23)30-25)20-6-2-8-24(29-20)31-14-11-27-12-15-31;1-2-3-4-11-5-6-12-10-19(17(22)13(12)9-11)14-7-8-15(20)18-16(14)21/h1-2,6-8,10-12,14-15,23-25,33-34H,4,9,13,16-22,26H2,(H,45,52,53);1-2,4-6,8-10,16-17,21,27H,3,7,11-15H2;5-6,9,14H,2,7-8,10H2,1H3,(H,18,20,21)/t33-,34?;21-;/m00./s1. The average Bonchev–Trinajstić information content (AvgIpc) is 1.67. The van der Waals surface area contributed by atoms with Crippen LogP contribution in [0.15, 0.2) is 158 Å². The van der Waals surface area contributed by atoms with Crippen molar-refractivity contribution in [3.05, 3.63) is 214 Å². The number of imidazole rings is 2. The van der Waals surface area contributed by atoms with E-state index in [1.807, 2.05) is 125 Å². The molecule has 6 saturated heterocycles. The number of carbonyl (C=O) groups excluding carboxylic acids is 6. The minimum absolute atomic E-state index is 0.0633. The van der Waals surface area contributed by atoms with E-state index in [2.05, 4.69) is 80.2 Å². The monoisotopic (exact) mass is 1460 g/mol. The molecular weight excluding hydrogens is 1380 g/mol. The van der Waals surface area contributed by atoms with E-state index in [1.54, 1.807) is 40.1 Å². The lowest BCUT2D eigenvalue weighted by molar-refractivity contribution is -0.138. The van der Waals surface area contributed by atoms with Crippen LogP contribution in [0.25, 0.3) is 34.1 Å². The summed E-state index contributed by atoms with van der Waals surface area (Å²) >= 11 is 0. The molecule has 10 aromatic rings. The van der Waals surface area contributed by atoms with Crippen LogP contribution in [-0.2, 0) is 32.3 Å². The maximum Gasteiger partial charge on any atom is 0.255 e. The second-order valence-corrected chi connectivity index (χ2v) is 28.3. The molecule has 6 amide bonds. The first-order valence-electron chi connectivity index (χ1n) is 37.4. The van der Waals surface area contributed by atoms with Crippen LogP contribution in [-0.4, -0.2) is 173 Å². The number of imide groups is 2. The van der Waals surface area contributed by atoms with Crippen LogP contribution in [0.4, 0.5) is 32.1 Å². The molecule has 14 heterocycles. The Hall–Kier alpha value is -12.3. The molecule has 4 atom stereocenters. The first-order valence-corrected chi connectivity index (χ1v) is 37.4. The minimum atomic E-state index is -0.631. The Morgan fingerprint density at radius 1 is 0.468 bits per heavy atom. The Balaban J connectivity index is 0.000000139. The molecule has 8 aliphatic rings. The number of anilines is 4. The topological polar surface area (TPSA) is 247 Å². The number of hydrogen-bond donors (Lipinski definition) is 3. The number of hydrogen-bond acceptors (Lipinski definition) is 18. The Labute approximate surface area is 628 Å². The van der Waals surface area contributed by atoms with Crippen molar-refractivity contribution in [2.75, 3.05) is 91.6 Å². The highest BCUT2D eigenvalue weighted by Gasteiger charge is 2.41. The van der Waals surface area contributed by atoms with Gasteiger partial charge < -0.3 is 34.7 Å². The molecule has 8 aliphatic heterocycles. The number of carbonyl (C=O) groups is 6. The first-order chi connectivity index (χ1) is 53.2. The zero-order chi connectivity index (χ0) is 74.7. The van der Waals surface area contributed by atoms with Crippen LogP contribution in [0.1, 0.15) is 131 Å². The van der Waals surface area contributed by atoms with E-state index >= 15 is 0 Å². The number of amides is 6. The van der Waals surface area contributed by atoms with Crippen molar-refractivity contribution < 1.29 is 37.5 Å². The summed E-state index contributed by atoms with van der Waals surface area (Å²) in [7, 11) is 0. The fourth-order valence-corrected chi connectivity index (χ4v) is 15.8. The molecule has 0 radical (unpaired) electrons. The molecule has 0 aliphatic carbocycles. The summed E-state index contributed by atoms with van der Waals surface area (Å²) in [6, 6.07) is 44.0. The quantitative estimate of drug-likeness (QED) is 0.0807. The number of piperazine rings is 2. The van der Waals surface area contributed by atoms with E-state index < -0.39 is 18.0 Å². The van der Waals surface area contributed by atoms with Gasteiger partial charge in [-0.3, -0.25) is 44.3 Å². The SMILES string of the molecule is CCC#Cc1ccc2c(c1)C(=O)N(C1CCC(=O)NC1=O)C2.Fc1cccc([C@@H]2CCCN2c2ccc3ncc(-c4cccc(N5CCNCC5)n4)n3n2)c1.O=C1CCC(N2Cc3ccc(C#CCN4CCN(c5cccc(-c6cnc7ccc(N8CCC[C@H]8c8cccc(F)c8)nn67)n5)CC4)cc3C2=O)C(=O)N1. The molecule has 0 spiro atoms. The van der Waals surface area contributed by atoms with Gasteiger partial charge in [0, 0.05) is 120 Å². The third-order valence-corrected chi connectivity index (χ3v) is 21.4. The number of aromatic nitrogens is 8. The van der Waals surface area contributed by atoms with Crippen LogP contribution in [0.3, 0.4) is 0 Å². The third kappa shape index (κ3) is 15.1. The van der Waals surface area contributed by atoms with Crippen LogP contribution in [0.5, 0.6) is 0 Å². The van der Waals surface area contributed by atoms with Crippen molar-refractivity contribution >= 4 is 70.0 Å². The van der Waals surface area contributed by atoms with Gasteiger partial charge in [-0.15, -0.1) is 10.2 Å². The average molecular weight is 1460 g/mol. The second kappa shape index (κ2) is 31.3. The number of rotatable bonds is 11. The number of pyridine rings is 2. The smallest absolute Gasteiger partial charge is 0.255 e.